The van der Waals surface area contributed by atoms with Crippen molar-refractivity contribution < 1.29 is 43.7 Å². The van der Waals surface area contributed by atoms with E-state index < -0.39 is 47.6 Å². The Bertz CT molecular complexity index is 839. The summed E-state index contributed by atoms with van der Waals surface area (Å²) < 4.78 is 10.1. The maximum atomic E-state index is 12.6. The molecule has 162 valence electrons. The highest BCUT2D eigenvalue weighted by Crippen LogP contribution is 2.30. The molecule has 0 aromatic heterocycles. The quantitative estimate of drug-likeness (QED) is 0.312. The van der Waals surface area contributed by atoms with Gasteiger partial charge in [0.15, 0.2) is 0 Å². The van der Waals surface area contributed by atoms with Crippen LogP contribution in [0.15, 0.2) is 24.3 Å². The van der Waals surface area contributed by atoms with E-state index in [0.29, 0.717) is 0 Å². The van der Waals surface area contributed by atoms with Gasteiger partial charge < -0.3 is 25.0 Å². The van der Waals surface area contributed by atoms with Crippen molar-refractivity contribution in [2.24, 2.45) is 0 Å². The summed E-state index contributed by atoms with van der Waals surface area (Å²) in [6.07, 6.45) is -0.741. The summed E-state index contributed by atoms with van der Waals surface area (Å²) >= 11 is 0. The molecule has 0 radical (unpaired) electrons. The first kappa shape index (κ1) is 22.8. The Balaban J connectivity index is 2.13. The Morgan fingerprint density at radius 3 is 1.93 bits per heavy atom. The molecule has 0 saturated carbocycles. The zero-order valence-electron chi connectivity index (χ0n) is 16.6. The maximum Gasteiger partial charge on any atom is 0.407 e. The second kappa shape index (κ2) is 8.49. The fourth-order valence-electron chi connectivity index (χ4n) is 2.77. The summed E-state index contributed by atoms with van der Waals surface area (Å²) in [4.78, 5) is 60.9. The normalized spacial score (nSPS) is 13.8. The number of rotatable bonds is 8. The van der Waals surface area contributed by atoms with Gasteiger partial charge in [-0.25, -0.2) is 19.3 Å². The van der Waals surface area contributed by atoms with Crippen LogP contribution < -0.4 is 5.32 Å². The minimum absolute atomic E-state index is 0.0963. The Morgan fingerprint density at radius 1 is 1.00 bits per heavy atom. The van der Waals surface area contributed by atoms with Gasteiger partial charge in [0, 0.05) is 6.54 Å². The number of carbonyl (C=O) groups excluding carboxylic acids is 3. The number of hydrogen-bond donors (Lipinski definition) is 3. The first-order chi connectivity index (χ1) is 13.9. The SMILES string of the molecule is CC(C)(C)OC(=O)NCCOCC(C(=O)O)(C(=O)O)N1C(=O)c2ccccc2C1=O. The number of carboxylic acid groups (broad SMARTS) is 2. The zero-order valence-corrected chi connectivity index (χ0v) is 16.6. The Kier molecular flexibility index (Phi) is 6.46. The number of ether oxygens (including phenoxy) is 2. The van der Waals surface area contributed by atoms with Gasteiger partial charge >= 0.3 is 18.0 Å². The molecule has 1 heterocycles. The number of alkyl carbamates (subject to hydrolysis) is 1. The molecule has 1 aliphatic rings. The van der Waals surface area contributed by atoms with E-state index in [1.165, 1.54) is 24.3 Å². The predicted octanol–water partition coefficient (Wildman–Crippen LogP) is 0.732. The van der Waals surface area contributed by atoms with E-state index in [-0.39, 0.29) is 29.2 Å². The van der Waals surface area contributed by atoms with Crippen LogP contribution in [0.25, 0.3) is 0 Å². The molecule has 3 amide bonds. The molecule has 30 heavy (non-hydrogen) atoms. The van der Waals surface area contributed by atoms with Gasteiger partial charge in [-0.1, -0.05) is 12.1 Å². The van der Waals surface area contributed by atoms with Crippen molar-refractivity contribution in [1.29, 1.82) is 0 Å². The second-order valence-electron chi connectivity index (χ2n) is 7.44. The average molecular weight is 422 g/mol. The van der Waals surface area contributed by atoms with Gasteiger partial charge in [-0.05, 0) is 32.9 Å². The van der Waals surface area contributed by atoms with Crippen molar-refractivity contribution in [1.82, 2.24) is 10.2 Å². The molecule has 0 saturated heterocycles. The van der Waals surface area contributed by atoms with E-state index in [9.17, 15) is 34.2 Å². The number of nitrogens with one attached hydrogen (secondary N) is 1. The monoisotopic (exact) mass is 422 g/mol. The number of aliphatic carboxylic acids is 2. The van der Waals surface area contributed by atoms with E-state index in [1.807, 2.05) is 0 Å². The smallest absolute Gasteiger partial charge is 0.407 e. The number of hydrogen-bond acceptors (Lipinski definition) is 7. The van der Waals surface area contributed by atoms with Crippen molar-refractivity contribution in [3.63, 3.8) is 0 Å². The number of carbonyl (C=O) groups is 5. The molecule has 2 rings (SSSR count). The largest absolute Gasteiger partial charge is 0.479 e. The molecule has 3 N–H and O–H groups in total. The summed E-state index contributed by atoms with van der Waals surface area (Å²) in [6.45, 7) is 3.58. The number of carboxylic acids is 2. The molecule has 0 unspecified atom stereocenters. The first-order valence-corrected chi connectivity index (χ1v) is 8.91. The van der Waals surface area contributed by atoms with Crippen molar-refractivity contribution >= 4 is 29.8 Å². The summed E-state index contributed by atoms with van der Waals surface area (Å²) in [5, 5.41) is 21.6. The van der Waals surface area contributed by atoms with E-state index >= 15 is 0 Å². The maximum absolute atomic E-state index is 12.6. The molecule has 0 bridgehead atoms. The van der Waals surface area contributed by atoms with Crippen molar-refractivity contribution in [2.75, 3.05) is 19.8 Å². The molecule has 1 aromatic rings. The van der Waals surface area contributed by atoms with Crippen LogP contribution >= 0.6 is 0 Å². The number of amides is 3. The van der Waals surface area contributed by atoms with Crippen LogP contribution in [0.2, 0.25) is 0 Å². The highest BCUT2D eigenvalue weighted by molar-refractivity contribution is 6.26. The first-order valence-electron chi connectivity index (χ1n) is 8.91. The lowest BCUT2D eigenvalue weighted by molar-refractivity contribution is -0.168. The lowest BCUT2D eigenvalue weighted by Crippen LogP contribution is -2.65. The highest BCUT2D eigenvalue weighted by atomic mass is 16.6. The molecule has 0 fully saturated rings. The predicted molar refractivity (Wildman–Crippen MR) is 100 cm³/mol. The van der Waals surface area contributed by atoms with Crippen molar-refractivity contribution in [3.8, 4) is 0 Å². The van der Waals surface area contributed by atoms with Gasteiger partial charge in [0.25, 0.3) is 17.4 Å². The molecule has 0 spiro atoms. The van der Waals surface area contributed by atoms with Crippen LogP contribution in [0.1, 0.15) is 41.5 Å². The average Bonchev–Trinajstić information content (AvgIpc) is 2.88. The van der Waals surface area contributed by atoms with E-state index in [0.717, 1.165) is 0 Å². The lowest BCUT2D eigenvalue weighted by atomic mass is 9.98. The third-order valence-electron chi connectivity index (χ3n) is 4.11. The van der Waals surface area contributed by atoms with Crippen molar-refractivity contribution in [2.45, 2.75) is 31.9 Å². The summed E-state index contributed by atoms with van der Waals surface area (Å²) in [5.41, 5.74) is -3.89. The van der Waals surface area contributed by atoms with Crippen molar-refractivity contribution in [3.05, 3.63) is 35.4 Å². The number of fused-ring (bicyclic) bond motifs is 1. The minimum atomic E-state index is -2.97. The fourth-order valence-corrected chi connectivity index (χ4v) is 2.77. The van der Waals surface area contributed by atoms with E-state index in [4.69, 9.17) is 9.47 Å². The summed E-state index contributed by atoms with van der Waals surface area (Å²) in [6, 6.07) is 5.54. The zero-order chi connectivity index (χ0) is 22.7. The van der Waals surface area contributed by atoms with Crippen LogP contribution in [0.3, 0.4) is 0 Å². The molecule has 11 heteroatoms. The Morgan fingerprint density at radius 2 is 1.50 bits per heavy atom. The third-order valence-corrected chi connectivity index (χ3v) is 4.11. The van der Waals surface area contributed by atoms with Gasteiger partial charge in [0.05, 0.1) is 24.3 Å². The van der Waals surface area contributed by atoms with Crippen LogP contribution in [-0.2, 0) is 19.1 Å². The van der Waals surface area contributed by atoms with Gasteiger partial charge in [-0.15, -0.1) is 0 Å². The van der Waals surface area contributed by atoms with E-state index in [2.05, 4.69) is 5.32 Å². The lowest BCUT2D eigenvalue weighted by Gasteiger charge is -2.32. The standard InChI is InChI=1S/C19H22N2O9/c1-18(2,3)30-17(28)20-8-9-29-10-19(15(24)25,16(26)27)21-13(22)11-6-4-5-7-12(11)14(21)23/h4-7H,8-10H2,1-3H3,(H,20,28)(H,24,25)(H,26,27). The Labute approximate surface area is 171 Å². The molecule has 11 nitrogen and oxygen atoms in total. The molecule has 0 atom stereocenters. The third kappa shape index (κ3) is 4.40. The number of benzene rings is 1. The summed E-state index contributed by atoms with van der Waals surface area (Å²) in [5.74, 6) is -5.97. The topological polar surface area (TPSA) is 160 Å². The fraction of sp³-hybridized carbons (Fsp3) is 0.421. The molecule has 1 aliphatic heterocycles. The van der Waals surface area contributed by atoms with Gasteiger partial charge in [-0.3, -0.25) is 9.59 Å². The number of nitrogens with zero attached hydrogens (tertiary/aromatic N) is 1. The van der Waals surface area contributed by atoms with E-state index in [1.54, 1.807) is 20.8 Å². The van der Waals surface area contributed by atoms with Gasteiger partial charge in [0.1, 0.15) is 5.60 Å². The van der Waals surface area contributed by atoms with Crippen LogP contribution in [0.5, 0.6) is 0 Å². The molecule has 1 aromatic carbocycles. The van der Waals surface area contributed by atoms with Gasteiger partial charge in [-0.2, -0.15) is 0 Å². The molecule has 0 aliphatic carbocycles. The van der Waals surface area contributed by atoms with Gasteiger partial charge in [0.2, 0.25) is 0 Å². The molecular formula is C19H22N2O9. The highest BCUT2D eigenvalue weighted by Gasteiger charge is 2.60. The Hall–Kier alpha value is -3.47. The molecular weight excluding hydrogens is 400 g/mol. The minimum Gasteiger partial charge on any atom is -0.479 e. The number of imide groups is 1. The summed E-state index contributed by atoms with van der Waals surface area (Å²) in [7, 11) is 0. The van der Waals surface area contributed by atoms with Crippen LogP contribution in [-0.4, -0.2) is 75.9 Å². The van der Waals surface area contributed by atoms with Crippen LogP contribution in [0, 0.1) is 0 Å². The second-order valence-corrected chi connectivity index (χ2v) is 7.44. The van der Waals surface area contributed by atoms with Crippen LogP contribution in [0.4, 0.5) is 4.79 Å².